The van der Waals surface area contributed by atoms with Crippen LogP contribution >= 0.6 is 0 Å². The first-order valence-electron chi connectivity index (χ1n) is 10.5. The fraction of sp³-hybridized carbons (Fsp3) is 0.478. The number of pyridine rings is 1. The number of anilines is 1. The third-order valence-electron chi connectivity index (χ3n) is 5.06. The summed E-state index contributed by atoms with van der Waals surface area (Å²) < 4.78 is 10.9. The molecule has 1 aliphatic rings. The van der Waals surface area contributed by atoms with Crippen LogP contribution in [0, 0.1) is 0 Å². The van der Waals surface area contributed by atoms with E-state index in [0.29, 0.717) is 6.54 Å². The fourth-order valence-electron chi connectivity index (χ4n) is 3.47. The summed E-state index contributed by atoms with van der Waals surface area (Å²) in [5.41, 5.74) is 2.35. The summed E-state index contributed by atoms with van der Waals surface area (Å²) in [5.74, 6) is 2.74. The van der Waals surface area contributed by atoms with E-state index in [4.69, 9.17) is 14.5 Å². The van der Waals surface area contributed by atoms with Crippen LogP contribution in [-0.2, 0) is 17.8 Å². The molecule has 162 valence electrons. The van der Waals surface area contributed by atoms with E-state index in [0.717, 1.165) is 55.9 Å². The van der Waals surface area contributed by atoms with Crippen molar-refractivity contribution in [2.75, 3.05) is 45.3 Å². The van der Waals surface area contributed by atoms with Crippen LogP contribution in [0.15, 0.2) is 47.6 Å². The lowest BCUT2D eigenvalue weighted by Crippen LogP contribution is -2.41. The molecule has 0 bridgehead atoms. The van der Waals surface area contributed by atoms with Crippen molar-refractivity contribution in [3.8, 4) is 5.75 Å². The molecular weight excluding hydrogens is 378 g/mol. The van der Waals surface area contributed by atoms with Gasteiger partial charge in [-0.25, -0.2) is 9.98 Å². The van der Waals surface area contributed by atoms with Crippen molar-refractivity contribution in [3.05, 3.63) is 53.7 Å². The van der Waals surface area contributed by atoms with Gasteiger partial charge in [-0.3, -0.25) is 0 Å². The van der Waals surface area contributed by atoms with Crippen molar-refractivity contribution in [1.82, 2.24) is 15.2 Å². The molecule has 1 aromatic carbocycles. The maximum atomic E-state index is 5.64. The average molecular weight is 412 g/mol. The zero-order valence-electron chi connectivity index (χ0n) is 18.5. The van der Waals surface area contributed by atoms with Gasteiger partial charge in [0.2, 0.25) is 0 Å². The zero-order valence-corrected chi connectivity index (χ0v) is 18.5. The van der Waals surface area contributed by atoms with Gasteiger partial charge in [-0.1, -0.05) is 12.1 Å². The van der Waals surface area contributed by atoms with Crippen LogP contribution in [0.1, 0.15) is 25.0 Å². The predicted molar refractivity (Wildman–Crippen MR) is 121 cm³/mol. The summed E-state index contributed by atoms with van der Waals surface area (Å²) in [4.78, 5) is 13.8. The Morgan fingerprint density at radius 3 is 2.80 bits per heavy atom. The van der Waals surface area contributed by atoms with Crippen LogP contribution < -0.4 is 15.0 Å². The van der Waals surface area contributed by atoms with Crippen molar-refractivity contribution in [3.63, 3.8) is 0 Å². The highest BCUT2D eigenvalue weighted by Gasteiger charge is 2.18. The van der Waals surface area contributed by atoms with Crippen molar-refractivity contribution in [1.29, 1.82) is 0 Å². The topological polar surface area (TPSA) is 62.2 Å². The second-order valence-electron chi connectivity index (χ2n) is 7.52. The number of hydrogen-bond donors (Lipinski definition) is 1. The lowest BCUT2D eigenvalue weighted by atomic mass is 10.2. The highest BCUT2D eigenvalue weighted by molar-refractivity contribution is 5.79. The van der Waals surface area contributed by atoms with E-state index >= 15 is 0 Å². The quantitative estimate of drug-likeness (QED) is 0.558. The van der Waals surface area contributed by atoms with Crippen LogP contribution in [0.4, 0.5) is 5.82 Å². The SMILES string of the molecule is CCNC(=NCc1ccnc(N2CCOC(C)C2)c1)N(C)Cc1ccc(OC)cc1. The van der Waals surface area contributed by atoms with E-state index in [9.17, 15) is 0 Å². The monoisotopic (exact) mass is 411 g/mol. The summed E-state index contributed by atoms with van der Waals surface area (Å²) in [6, 6.07) is 12.3. The van der Waals surface area contributed by atoms with Gasteiger partial charge in [-0.2, -0.15) is 0 Å². The Labute approximate surface area is 179 Å². The highest BCUT2D eigenvalue weighted by Crippen LogP contribution is 2.17. The second kappa shape index (κ2) is 10.8. The number of ether oxygens (including phenoxy) is 2. The van der Waals surface area contributed by atoms with Crippen molar-refractivity contribution in [2.24, 2.45) is 4.99 Å². The first kappa shape index (κ1) is 21.9. The minimum atomic E-state index is 0.231. The molecule has 1 aliphatic heterocycles. The Hall–Kier alpha value is -2.80. The van der Waals surface area contributed by atoms with E-state index in [2.05, 4.69) is 59.2 Å². The zero-order chi connectivity index (χ0) is 21.3. The summed E-state index contributed by atoms with van der Waals surface area (Å²) in [6.07, 6.45) is 2.10. The molecule has 7 nitrogen and oxygen atoms in total. The molecule has 1 N–H and O–H groups in total. The number of guanidine groups is 1. The number of nitrogens with zero attached hydrogens (tertiary/aromatic N) is 4. The summed E-state index contributed by atoms with van der Waals surface area (Å²) in [5, 5.41) is 3.39. The van der Waals surface area contributed by atoms with Crippen LogP contribution in [0.25, 0.3) is 0 Å². The number of morpholine rings is 1. The molecule has 1 unspecified atom stereocenters. The molecule has 1 aromatic heterocycles. The Kier molecular flexibility index (Phi) is 7.90. The van der Waals surface area contributed by atoms with Gasteiger partial charge in [-0.05, 0) is 49.2 Å². The lowest BCUT2D eigenvalue weighted by molar-refractivity contribution is 0.0529. The van der Waals surface area contributed by atoms with E-state index in [1.807, 2.05) is 24.4 Å². The number of rotatable bonds is 7. The number of benzene rings is 1. The lowest BCUT2D eigenvalue weighted by Gasteiger charge is -2.32. The number of hydrogen-bond acceptors (Lipinski definition) is 5. The molecule has 0 amide bonds. The normalized spacial score (nSPS) is 17.0. The molecule has 1 fully saturated rings. The van der Waals surface area contributed by atoms with Gasteiger partial charge in [0, 0.05) is 39.4 Å². The predicted octanol–water partition coefficient (Wildman–Crippen LogP) is 2.91. The first-order chi connectivity index (χ1) is 14.6. The van der Waals surface area contributed by atoms with Gasteiger partial charge in [0.05, 0.1) is 26.4 Å². The number of methoxy groups -OCH3 is 1. The molecule has 0 radical (unpaired) electrons. The van der Waals surface area contributed by atoms with Crippen LogP contribution in [0.3, 0.4) is 0 Å². The second-order valence-corrected chi connectivity index (χ2v) is 7.52. The maximum absolute atomic E-state index is 5.64. The van der Waals surface area contributed by atoms with Gasteiger partial charge in [0.1, 0.15) is 11.6 Å². The number of aliphatic imine (C=N–C) groups is 1. The van der Waals surface area contributed by atoms with Crippen molar-refractivity contribution < 1.29 is 9.47 Å². The highest BCUT2D eigenvalue weighted by atomic mass is 16.5. The molecule has 2 aromatic rings. The van der Waals surface area contributed by atoms with E-state index in [1.165, 1.54) is 5.56 Å². The fourth-order valence-corrected chi connectivity index (χ4v) is 3.47. The Morgan fingerprint density at radius 1 is 1.30 bits per heavy atom. The molecule has 3 rings (SSSR count). The molecule has 1 saturated heterocycles. The number of aromatic nitrogens is 1. The third kappa shape index (κ3) is 6.10. The largest absolute Gasteiger partial charge is 0.497 e. The van der Waals surface area contributed by atoms with E-state index < -0.39 is 0 Å². The van der Waals surface area contributed by atoms with Gasteiger partial charge in [0.25, 0.3) is 0 Å². The smallest absolute Gasteiger partial charge is 0.194 e. The average Bonchev–Trinajstić information content (AvgIpc) is 2.77. The minimum absolute atomic E-state index is 0.231. The van der Waals surface area contributed by atoms with E-state index in [-0.39, 0.29) is 6.10 Å². The van der Waals surface area contributed by atoms with Gasteiger partial charge in [0.15, 0.2) is 5.96 Å². The van der Waals surface area contributed by atoms with Crippen molar-refractivity contribution in [2.45, 2.75) is 33.0 Å². The third-order valence-corrected chi connectivity index (χ3v) is 5.06. The van der Waals surface area contributed by atoms with Crippen LogP contribution in [0.5, 0.6) is 5.75 Å². The summed E-state index contributed by atoms with van der Waals surface area (Å²) >= 11 is 0. The molecule has 1 atom stereocenters. The van der Waals surface area contributed by atoms with Crippen LogP contribution in [0.2, 0.25) is 0 Å². The molecule has 0 saturated carbocycles. The maximum Gasteiger partial charge on any atom is 0.194 e. The Balaban J connectivity index is 1.66. The van der Waals surface area contributed by atoms with Crippen molar-refractivity contribution >= 4 is 11.8 Å². The standard InChI is InChI=1S/C23H33N5O2/c1-5-24-23(27(3)17-19-6-8-21(29-4)9-7-19)26-15-20-10-11-25-22(14-20)28-12-13-30-18(2)16-28/h6-11,14,18H,5,12-13,15-17H2,1-4H3,(H,24,26). The molecule has 0 aliphatic carbocycles. The molecule has 7 heteroatoms. The Bertz CT molecular complexity index is 825. The van der Waals surface area contributed by atoms with E-state index in [1.54, 1.807) is 7.11 Å². The molecule has 2 heterocycles. The molecule has 30 heavy (non-hydrogen) atoms. The first-order valence-corrected chi connectivity index (χ1v) is 10.5. The number of nitrogens with one attached hydrogen (secondary N) is 1. The minimum Gasteiger partial charge on any atom is -0.497 e. The molecule has 0 spiro atoms. The van der Waals surface area contributed by atoms with Crippen LogP contribution in [-0.4, -0.2) is 62.3 Å². The molecular formula is C23H33N5O2. The Morgan fingerprint density at radius 2 is 2.10 bits per heavy atom. The van der Waals surface area contributed by atoms with Gasteiger partial charge in [-0.15, -0.1) is 0 Å². The summed E-state index contributed by atoms with van der Waals surface area (Å²) in [6.45, 7) is 8.85. The summed E-state index contributed by atoms with van der Waals surface area (Å²) in [7, 11) is 3.74. The van der Waals surface area contributed by atoms with Gasteiger partial charge < -0.3 is 24.6 Å². The van der Waals surface area contributed by atoms with Gasteiger partial charge >= 0.3 is 0 Å².